The Bertz CT molecular complexity index is 957. The van der Waals surface area contributed by atoms with Crippen LogP contribution in [0, 0.1) is 0 Å². The van der Waals surface area contributed by atoms with Crippen LogP contribution >= 0.6 is 0 Å². The maximum absolute atomic E-state index is 13.1. The third-order valence-electron chi connectivity index (χ3n) is 6.27. The van der Waals surface area contributed by atoms with Gasteiger partial charge in [0.25, 0.3) is 5.91 Å². The van der Waals surface area contributed by atoms with Gasteiger partial charge in [-0.15, -0.1) is 0 Å². The standard InChI is InChI=1S/C27H37N3O3/c1-20(2)29-15-8-6-5-7-9-16-30(21(3)31)26-14-13-22(17-23(26)19-29)27(32)28-24-11-10-12-25(18-24)33-4/h10-14,17-18,20H,5-9,15-16,19H2,1-4H3,(H,28,32). The first-order chi connectivity index (χ1) is 15.9. The van der Waals surface area contributed by atoms with E-state index in [1.165, 1.54) is 19.3 Å². The number of amides is 2. The summed E-state index contributed by atoms with van der Waals surface area (Å²) in [5.74, 6) is 0.551. The molecule has 0 bridgehead atoms. The van der Waals surface area contributed by atoms with Gasteiger partial charge in [0.15, 0.2) is 0 Å². The number of ether oxygens (including phenoxy) is 1. The topological polar surface area (TPSA) is 61.9 Å². The van der Waals surface area contributed by atoms with Crippen molar-refractivity contribution in [2.24, 2.45) is 0 Å². The number of hydrogen-bond acceptors (Lipinski definition) is 4. The molecule has 0 fully saturated rings. The zero-order valence-electron chi connectivity index (χ0n) is 20.4. The van der Waals surface area contributed by atoms with E-state index in [1.54, 1.807) is 20.1 Å². The second-order valence-electron chi connectivity index (χ2n) is 9.03. The average molecular weight is 452 g/mol. The van der Waals surface area contributed by atoms with E-state index in [2.05, 4.69) is 24.1 Å². The highest BCUT2D eigenvalue weighted by molar-refractivity contribution is 6.05. The van der Waals surface area contributed by atoms with Gasteiger partial charge in [-0.05, 0) is 69.1 Å². The molecule has 1 aliphatic rings. The van der Waals surface area contributed by atoms with Crippen LogP contribution in [0.1, 0.15) is 68.8 Å². The number of carbonyl (C=O) groups excluding carboxylic acids is 2. The van der Waals surface area contributed by atoms with Crippen LogP contribution in [0.25, 0.3) is 0 Å². The molecule has 2 aromatic rings. The Morgan fingerprint density at radius 2 is 1.70 bits per heavy atom. The fourth-order valence-corrected chi connectivity index (χ4v) is 4.32. The minimum atomic E-state index is -0.178. The Kier molecular flexibility index (Phi) is 8.89. The van der Waals surface area contributed by atoms with Crippen LogP contribution in [-0.4, -0.2) is 43.0 Å². The largest absolute Gasteiger partial charge is 0.497 e. The highest BCUT2D eigenvalue weighted by Gasteiger charge is 2.21. The van der Waals surface area contributed by atoms with Gasteiger partial charge in [0.05, 0.1) is 7.11 Å². The molecule has 0 saturated heterocycles. The molecular weight excluding hydrogens is 414 g/mol. The van der Waals surface area contributed by atoms with E-state index in [9.17, 15) is 9.59 Å². The third kappa shape index (κ3) is 6.81. The summed E-state index contributed by atoms with van der Waals surface area (Å²) in [6, 6.07) is 13.4. The van der Waals surface area contributed by atoms with Gasteiger partial charge in [-0.25, -0.2) is 0 Å². The van der Waals surface area contributed by atoms with Gasteiger partial charge in [-0.1, -0.05) is 25.3 Å². The van der Waals surface area contributed by atoms with E-state index < -0.39 is 0 Å². The van der Waals surface area contributed by atoms with Crippen molar-refractivity contribution in [2.75, 3.05) is 30.4 Å². The van der Waals surface area contributed by atoms with E-state index in [-0.39, 0.29) is 11.8 Å². The number of nitrogens with zero attached hydrogens (tertiary/aromatic N) is 2. The first kappa shape index (κ1) is 24.8. The Morgan fingerprint density at radius 3 is 2.39 bits per heavy atom. The van der Waals surface area contributed by atoms with Crippen LogP contribution in [0.5, 0.6) is 5.75 Å². The predicted molar refractivity (Wildman–Crippen MR) is 134 cm³/mol. The predicted octanol–water partition coefficient (Wildman–Crippen LogP) is 5.47. The lowest BCUT2D eigenvalue weighted by molar-refractivity contribution is -0.116. The average Bonchev–Trinajstić information content (AvgIpc) is 2.79. The number of methoxy groups -OCH3 is 1. The van der Waals surface area contributed by atoms with Crippen LogP contribution in [0.4, 0.5) is 11.4 Å². The number of anilines is 2. The molecule has 6 heteroatoms. The molecule has 0 spiro atoms. The number of carbonyl (C=O) groups is 2. The van der Waals surface area contributed by atoms with Crippen molar-refractivity contribution >= 4 is 23.2 Å². The first-order valence-corrected chi connectivity index (χ1v) is 12.0. The van der Waals surface area contributed by atoms with Crippen LogP contribution in [0.2, 0.25) is 0 Å². The fourth-order valence-electron chi connectivity index (χ4n) is 4.32. The molecule has 1 aliphatic heterocycles. The molecule has 2 amide bonds. The molecular formula is C27H37N3O3. The number of nitrogens with one attached hydrogen (secondary N) is 1. The van der Waals surface area contributed by atoms with Crippen molar-refractivity contribution in [3.8, 4) is 5.75 Å². The number of fused-ring (bicyclic) bond motifs is 1. The van der Waals surface area contributed by atoms with Crippen molar-refractivity contribution in [2.45, 2.75) is 65.5 Å². The Hall–Kier alpha value is -2.86. The van der Waals surface area contributed by atoms with E-state index >= 15 is 0 Å². The molecule has 1 heterocycles. The van der Waals surface area contributed by atoms with Gasteiger partial charge < -0.3 is 15.0 Å². The highest BCUT2D eigenvalue weighted by atomic mass is 16.5. The Labute approximate surface area is 197 Å². The Morgan fingerprint density at radius 1 is 0.970 bits per heavy atom. The van der Waals surface area contributed by atoms with Gasteiger partial charge in [0, 0.05) is 49.1 Å². The summed E-state index contributed by atoms with van der Waals surface area (Å²) in [6.07, 6.45) is 5.69. The molecule has 178 valence electrons. The van der Waals surface area contributed by atoms with Gasteiger partial charge in [0.2, 0.25) is 5.91 Å². The lowest BCUT2D eigenvalue weighted by atomic mass is 10.0. The SMILES string of the molecule is COc1cccc(NC(=O)c2ccc3c(c2)CN(C(C)C)CCCCCCCN3C(C)=O)c1. The zero-order chi connectivity index (χ0) is 23.8. The molecule has 1 N–H and O–H groups in total. The van der Waals surface area contributed by atoms with Crippen molar-refractivity contribution < 1.29 is 14.3 Å². The number of hydrogen-bond donors (Lipinski definition) is 1. The molecule has 0 unspecified atom stereocenters. The maximum Gasteiger partial charge on any atom is 0.255 e. The van der Waals surface area contributed by atoms with Crippen molar-refractivity contribution in [1.82, 2.24) is 4.90 Å². The smallest absolute Gasteiger partial charge is 0.255 e. The van der Waals surface area contributed by atoms with Crippen molar-refractivity contribution in [3.05, 3.63) is 53.6 Å². The highest BCUT2D eigenvalue weighted by Crippen LogP contribution is 2.27. The lowest BCUT2D eigenvalue weighted by Crippen LogP contribution is -2.35. The summed E-state index contributed by atoms with van der Waals surface area (Å²) in [5, 5.41) is 2.96. The second-order valence-corrected chi connectivity index (χ2v) is 9.03. The molecule has 33 heavy (non-hydrogen) atoms. The molecule has 0 aromatic heterocycles. The second kappa shape index (κ2) is 11.8. The minimum absolute atomic E-state index is 0.0398. The quantitative estimate of drug-likeness (QED) is 0.669. The Balaban J connectivity index is 1.94. The maximum atomic E-state index is 13.1. The van der Waals surface area contributed by atoms with Crippen LogP contribution in [0.15, 0.2) is 42.5 Å². The van der Waals surface area contributed by atoms with Crippen LogP contribution in [-0.2, 0) is 11.3 Å². The minimum Gasteiger partial charge on any atom is -0.497 e. The molecule has 2 aromatic carbocycles. The number of rotatable bonds is 4. The molecule has 3 rings (SSSR count). The monoisotopic (exact) mass is 451 g/mol. The third-order valence-corrected chi connectivity index (χ3v) is 6.27. The van der Waals surface area contributed by atoms with E-state index in [1.807, 2.05) is 41.3 Å². The van der Waals surface area contributed by atoms with E-state index in [0.717, 1.165) is 30.6 Å². The van der Waals surface area contributed by atoms with Crippen molar-refractivity contribution in [3.63, 3.8) is 0 Å². The molecule has 0 atom stereocenters. The fraction of sp³-hybridized carbons (Fsp3) is 0.481. The summed E-state index contributed by atoms with van der Waals surface area (Å²) in [4.78, 5) is 29.9. The molecule has 6 nitrogen and oxygen atoms in total. The summed E-state index contributed by atoms with van der Waals surface area (Å²) in [5.41, 5.74) is 3.18. The van der Waals surface area contributed by atoms with Gasteiger partial charge >= 0.3 is 0 Å². The molecule has 0 saturated carbocycles. The van der Waals surface area contributed by atoms with E-state index in [0.29, 0.717) is 36.1 Å². The van der Waals surface area contributed by atoms with Crippen molar-refractivity contribution in [1.29, 1.82) is 0 Å². The van der Waals surface area contributed by atoms with E-state index in [4.69, 9.17) is 4.74 Å². The molecule has 0 radical (unpaired) electrons. The lowest BCUT2D eigenvalue weighted by Gasteiger charge is -2.31. The summed E-state index contributed by atoms with van der Waals surface area (Å²) in [7, 11) is 1.60. The summed E-state index contributed by atoms with van der Waals surface area (Å²) in [6.45, 7) is 8.45. The van der Waals surface area contributed by atoms with Gasteiger partial charge in [-0.3, -0.25) is 14.5 Å². The number of benzene rings is 2. The normalized spacial score (nSPS) is 15.8. The zero-order valence-corrected chi connectivity index (χ0v) is 20.4. The van der Waals surface area contributed by atoms with Crippen LogP contribution < -0.4 is 15.0 Å². The van der Waals surface area contributed by atoms with Gasteiger partial charge in [0.1, 0.15) is 5.75 Å². The summed E-state index contributed by atoms with van der Waals surface area (Å²) >= 11 is 0. The first-order valence-electron chi connectivity index (χ1n) is 12.0. The van der Waals surface area contributed by atoms with Gasteiger partial charge in [-0.2, -0.15) is 0 Å². The van der Waals surface area contributed by atoms with Crippen LogP contribution in [0.3, 0.4) is 0 Å². The summed E-state index contributed by atoms with van der Waals surface area (Å²) < 4.78 is 5.26. The molecule has 0 aliphatic carbocycles.